The molecule has 0 saturated carbocycles. The van der Waals surface area contributed by atoms with Crippen LogP contribution in [0.1, 0.15) is 32.8 Å². The summed E-state index contributed by atoms with van der Waals surface area (Å²) in [6.07, 6.45) is 0.355. The second-order valence-corrected chi connectivity index (χ2v) is 8.57. The summed E-state index contributed by atoms with van der Waals surface area (Å²) >= 11 is 3.42. The van der Waals surface area contributed by atoms with Gasteiger partial charge in [-0.3, -0.25) is 9.59 Å². The van der Waals surface area contributed by atoms with Crippen LogP contribution in [0.3, 0.4) is 0 Å². The zero-order valence-corrected chi connectivity index (χ0v) is 18.8. The quantitative estimate of drug-likeness (QED) is 0.549. The van der Waals surface area contributed by atoms with Gasteiger partial charge >= 0.3 is 6.09 Å². The first-order chi connectivity index (χ1) is 14.1. The largest absolute Gasteiger partial charge is 0.444 e. The Bertz CT molecular complexity index is 892. The van der Waals surface area contributed by atoms with E-state index in [9.17, 15) is 14.4 Å². The predicted octanol–water partition coefficient (Wildman–Crippen LogP) is 4.48. The molecular weight excluding hydrogens is 450 g/mol. The number of hydrogen-bond donors (Lipinski definition) is 3. The Morgan fingerprint density at radius 2 is 1.53 bits per heavy atom. The van der Waals surface area contributed by atoms with Crippen LogP contribution in [0.2, 0.25) is 0 Å². The molecule has 0 unspecified atom stereocenters. The minimum atomic E-state index is -0.654. The van der Waals surface area contributed by atoms with Crippen LogP contribution in [0.4, 0.5) is 16.2 Å². The van der Waals surface area contributed by atoms with Crippen molar-refractivity contribution in [3.05, 3.63) is 58.6 Å². The molecule has 2 rings (SSSR count). The number of hydrogen-bond acceptors (Lipinski definition) is 4. The maximum atomic E-state index is 12.1. The molecule has 3 N–H and O–H groups in total. The summed E-state index contributed by atoms with van der Waals surface area (Å²) in [5, 5.41) is 7.89. The summed E-state index contributed by atoms with van der Waals surface area (Å²) in [4.78, 5) is 35.6. The van der Waals surface area contributed by atoms with Crippen molar-refractivity contribution >= 4 is 45.2 Å². The summed E-state index contributed by atoms with van der Waals surface area (Å²) in [5.41, 5.74) is 1.65. The molecule has 0 aliphatic carbocycles. The lowest BCUT2D eigenvalue weighted by molar-refractivity contribution is -0.116. The van der Waals surface area contributed by atoms with Gasteiger partial charge in [-0.15, -0.1) is 0 Å². The first-order valence-electron chi connectivity index (χ1n) is 9.52. The van der Waals surface area contributed by atoms with Crippen LogP contribution in [0.25, 0.3) is 0 Å². The summed E-state index contributed by atoms with van der Waals surface area (Å²) in [7, 11) is 0. The molecule has 0 saturated heterocycles. The van der Waals surface area contributed by atoms with Gasteiger partial charge in [-0.05, 0) is 69.2 Å². The fourth-order valence-electron chi connectivity index (χ4n) is 2.48. The average molecular weight is 476 g/mol. The maximum absolute atomic E-state index is 12.1. The van der Waals surface area contributed by atoms with Gasteiger partial charge in [0.25, 0.3) is 0 Å². The SMILES string of the molecule is CC(C)(C)OC(=O)NCC(=O)Nc1ccc(NC(=O)CCc2cccc(Br)c2)cc1. The van der Waals surface area contributed by atoms with E-state index in [1.807, 2.05) is 24.3 Å². The molecule has 0 spiro atoms. The normalized spacial score (nSPS) is 10.8. The number of carbonyl (C=O) groups is 3. The molecule has 0 radical (unpaired) electrons. The highest BCUT2D eigenvalue weighted by atomic mass is 79.9. The minimum Gasteiger partial charge on any atom is -0.444 e. The summed E-state index contributed by atoms with van der Waals surface area (Å²) in [6, 6.07) is 14.6. The van der Waals surface area contributed by atoms with E-state index in [0.717, 1.165) is 10.0 Å². The van der Waals surface area contributed by atoms with E-state index in [-0.39, 0.29) is 18.4 Å². The van der Waals surface area contributed by atoms with Crippen LogP contribution >= 0.6 is 15.9 Å². The molecule has 3 amide bonds. The highest BCUT2D eigenvalue weighted by molar-refractivity contribution is 9.10. The van der Waals surface area contributed by atoms with Crippen LogP contribution < -0.4 is 16.0 Å². The maximum Gasteiger partial charge on any atom is 0.408 e. The molecule has 2 aromatic carbocycles. The molecule has 0 bridgehead atoms. The molecule has 30 heavy (non-hydrogen) atoms. The van der Waals surface area contributed by atoms with Crippen LogP contribution in [-0.4, -0.2) is 30.1 Å². The molecule has 0 aromatic heterocycles. The summed E-state index contributed by atoms with van der Waals surface area (Å²) in [6.45, 7) is 5.03. The Morgan fingerprint density at radius 1 is 0.933 bits per heavy atom. The number of halogens is 1. The Hall–Kier alpha value is -2.87. The first kappa shape index (κ1) is 23.4. The molecular formula is C22H26BrN3O4. The molecule has 0 atom stereocenters. The topological polar surface area (TPSA) is 96.5 Å². The number of aryl methyl sites for hydroxylation is 1. The molecule has 0 aliphatic heterocycles. The van der Waals surface area contributed by atoms with Gasteiger partial charge in [0.05, 0.1) is 0 Å². The third-order valence-corrected chi connectivity index (χ3v) is 4.27. The summed E-state index contributed by atoms with van der Waals surface area (Å²) in [5.74, 6) is -0.472. The number of ether oxygens (including phenoxy) is 1. The lowest BCUT2D eigenvalue weighted by Crippen LogP contribution is -2.37. The van der Waals surface area contributed by atoms with E-state index in [1.54, 1.807) is 45.0 Å². The predicted molar refractivity (Wildman–Crippen MR) is 120 cm³/mol. The number of anilines is 2. The lowest BCUT2D eigenvalue weighted by Gasteiger charge is -2.19. The van der Waals surface area contributed by atoms with Crippen LogP contribution in [0, 0.1) is 0 Å². The molecule has 0 aliphatic rings. The smallest absolute Gasteiger partial charge is 0.408 e. The fourth-order valence-corrected chi connectivity index (χ4v) is 2.93. The second kappa shape index (κ2) is 10.8. The van der Waals surface area contributed by atoms with Crippen molar-refractivity contribution in [3.63, 3.8) is 0 Å². The van der Waals surface area contributed by atoms with Gasteiger partial charge in [-0.1, -0.05) is 28.1 Å². The zero-order chi connectivity index (χ0) is 22.1. The lowest BCUT2D eigenvalue weighted by atomic mass is 10.1. The van der Waals surface area contributed by atoms with Gasteiger partial charge < -0.3 is 20.7 Å². The van der Waals surface area contributed by atoms with Crippen LogP contribution in [-0.2, 0) is 20.7 Å². The van der Waals surface area contributed by atoms with Crippen molar-refractivity contribution in [2.45, 2.75) is 39.2 Å². The minimum absolute atomic E-state index is 0.0895. The summed E-state index contributed by atoms with van der Waals surface area (Å²) < 4.78 is 6.06. The Kier molecular flexibility index (Phi) is 8.41. The third kappa shape index (κ3) is 9.09. The number of amides is 3. The highest BCUT2D eigenvalue weighted by Crippen LogP contribution is 2.16. The van der Waals surface area contributed by atoms with Gasteiger partial charge in [0, 0.05) is 22.3 Å². The van der Waals surface area contributed by atoms with E-state index in [0.29, 0.717) is 24.2 Å². The van der Waals surface area contributed by atoms with Gasteiger partial charge in [0.15, 0.2) is 0 Å². The molecule has 0 fully saturated rings. The highest BCUT2D eigenvalue weighted by Gasteiger charge is 2.16. The number of alkyl carbamates (subject to hydrolysis) is 1. The van der Waals surface area contributed by atoms with E-state index >= 15 is 0 Å². The number of benzene rings is 2. The van der Waals surface area contributed by atoms with Crippen molar-refractivity contribution in [3.8, 4) is 0 Å². The molecule has 8 heteroatoms. The van der Waals surface area contributed by atoms with Crippen molar-refractivity contribution in [2.24, 2.45) is 0 Å². The Balaban J connectivity index is 1.75. The van der Waals surface area contributed by atoms with Crippen molar-refractivity contribution in [2.75, 3.05) is 17.2 Å². The Morgan fingerprint density at radius 3 is 2.10 bits per heavy atom. The average Bonchev–Trinajstić information content (AvgIpc) is 2.65. The molecule has 7 nitrogen and oxygen atoms in total. The number of rotatable bonds is 7. The number of carbonyl (C=O) groups excluding carboxylic acids is 3. The van der Waals surface area contributed by atoms with E-state index in [2.05, 4.69) is 31.9 Å². The zero-order valence-electron chi connectivity index (χ0n) is 17.3. The molecule has 0 heterocycles. The van der Waals surface area contributed by atoms with Gasteiger partial charge in [-0.25, -0.2) is 4.79 Å². The third-order valence-electron chi connectivity index (χ3n) is 3.77. The van der Waals surface area contributed by atoms with E-state index in [1.165, 1.54) is 0 Å². The standard InChI is InChI=1S/C22H26BrN3O4/c1-22(2,3)30-21(29)24-14-20(28)26-18-10-8-17(9-11-18)25-19(27)12-7-15-5-4-6-16(23)13-15/h4-6,8-11,13H,7,12,14H2,1-3H3,(H,24,29)(H,25,27)(H,26,28). The van der Waals surface area contributed by atoms with E-state index in [4.69, 9.17) is 4.74 Å². The van der Waals surface area contributed by atoms with Gasteiger partial charge in [-0.2, -0.15) is 0 Å². The van der Waals surface area contributed by atoms with Gasteiger partial charge in [0.1, 0.15) is 12.1 Å². The fraction of sp³-hybridized carbons (Fsp3) is 0.318. The van der Waals surface area contributed by atoms with Crippen molar-refractivity contribution < 1.29 is 19.1 Å². The molecule has 160 valence electrons. The Labute approximate surface area is 184 Å². The van der Waals surface area contributed by atoms with Gasteiger partial charge in [0.2, 0.25) is 11.8 Å². The van der Waals surface area contributed by atoms with Crippen molar-refractivity contribution in [1.29, 1.82) is 0 Å². The second-order valence-electron chi connectivity index (χ2n) is 7.66. The van der Waals surface area contributed by atoms with Crippen LogP contribution in [0.15, 0.2) is 53.0 Å². The van der Waals surface area contributed by atoms with E-state index < -0.39 is 11.7 Å². The van der Waals surface area contributed by atoms with Crippen molar-refractivity contribution in [1.82, 2.24) is 5.32 Å². The number of nitrogens with one attached hydrogen (secondary N) is 3. The molecule has 2 aromatic rings. The van der Waals surface area contributed by atoms with Crippen LogP contribution in [0.5, 0.6) is 0 Å². The first-order valence-corrected chi connectivity index (χ1v) is 10.3. The monoisotopic (exact) mass is 475 g/mol.